The third-order valence-electron chi connectivity index (χ3n) is 4.33. The van der Waals surface area contributed by atoms with Crippen LogP contribution in [0.3, 0.4) is 0 Å². The summed E-state index contributed by atoms with van der Waals surface area (Å²) in [6, 6.07) is 14.5. The van der Waals surface area contributed by atoms with Gasteiger partial charge in [-0.25, -0.2) is 0 Å². The number of thioether (sulfide) groups is 1. The molecule has 1 fully saturated rings. The lowest BCUT2D eigenvalue weighted by Gasteiger charge is -2.12. The Labute approximate surface area is 179 Å². The minimum atomic E-state index is -0.490. The number of hydrogen-bond donors (Lipinski definition) is 1. The molecule has 0 aliphatic carbocycles. The number of benzene rings is 2. The van der Waals surface area contributed by atoms with Crippen molar-refractivity contribution in [3.63, 3.8) is 0 Å². The van der Waals surface area contributed by atoms with Crippen LogP contribution in [0.5, 0.6) is 11.5 Å². The van der Waals surface area contributed by atoms with E-state index < -0.39 is 17.1 Å². The van der Waals surface area contributed by atoms with Gasteiger partial charge in [-0.1, -0.05) is 30.3 Å². The molecule has 0 unspecified atom stereocenters. The van der Waals surface area contributed by atoms with E-state index in [1.807, 2.05) is 31.2 Å². The first-order valence-electron chi connectivity index (χ1n) is 9.38. The van der Waals surface area contributed by atoms with Gasteiger partial charge in [0.1, 0.15) is 18.0 Å². The maximum absolute atomic E-state index is 12.7. The number of imide groups is 1. The van der Waals surface area contributed by atoms with E-state index in [-0.39, 0.29) is 18.0 Å². The Balaban J connectivity index is 1.62. The number of para-hydroxylation sites is 1. The molecule has 3 rings (SSSR count). The number of ether oxygens (including phenoxy) is 2. The number of methoxy groups -OCH3 is 1. The highest BCUT2D eigenvalue weighted by atomic mass is 32.2. The van der Waals surface area contributed by atoms with Crippen LogP contribution in [-0.2, 0) is 16.1 Å². The van der Waals surface area contributed by atoms with Gasteiger partial charge in [-0.15, -0.1) is 0 Å². The van der Waals surface area contributed by atoms with Gasteiger partial charge in [0.25, 0.3) is 11.1 Å². The first kappa shape index (κ1) is 21.4. The fourth-order valence-electron chi connectivity index (χ4n) is 2.81. The van der Waals surface area contributed by atoms with Crippen LogP contribution in [0.4, 0.5) is 4.79 Å². The fraction of sp³-hybridized carbons (Fsp3) is 0.227. The number of nitrogens with zero attached hydrogens (tertiary/aromatic N) is 1. The summed E-state index contributed by atoms with van der Waals surface area (Å²) in [6.45, 7) is 2.32. The van der Waals surface area contributed by atoms with E-state index in [1.165, 1.54) is 0 Å². The van der Waals surface area contributed by atoms with Crippen molar-refractivity contribution in [2.24, 2.45) is 0 Å². The Kier molecular flexibility index (Phi) is 7.13. The topological polar surface area (TPSA) is 84.9 Å². The zero-order valence-electron chi connectivity index (χ0n) is 16.7. The fourth-order valence-corrected chi connectivity index (χ4v) is 3.64. The van der Waals surface area contributed by atoms with Gasteiger partial charge < -0.3 is 14.8 Å². The second-order valence-electron chi connectivity index (χ2n) is 6.36. The van der Waals surface area contributed by atoms with Crippen LogP contribution in [0.15, 0.2) is 53.4 Å². The standard InChI is InChI=1S/C22H22N2O5S/c1-3-29-18-7-5-4-6-16(18)12-19-21(26)24(22(27)30-19)14-20(25)23-13-15-8-10-17(28-2)11-9-15/h4-12H,3,13-14H2,1-2H3,(H,23,25)/b19-12-. The van der Waals surface area contributed by atoms with Gasteiger partial charge in [0.05, 0.1) is 18.6 Å². The molecular weight excluding hydrogens is 404 g/mol. The Morgan fingerprint density at radius 1 is 1.13 bits per heavy atom. The summed E-state index contributed by atoms with van der Waals surface area (Å²) in [5, 5.41) is 2.25. The molecule has 0 radical (unpaired) electrons. The first-order chi connectivity index (χ1) is 14.5. The van der Waals surface area contributed by atoms with E-state index in [0.29, 0.717) is 17.9 Å². The number of hydrogen-bond acceptors (Lipinski definition) is 6. The molecule has 0 aromatic heterocycles. The second-order valence-corrected chi connectivity index (χ2v) is 7.36. The molecule has 0 spiro atoms. The van der Waals surface area contributed by atoms with Crippen molar-refractivity contribution in [2.75, 3.05) is 20.3 Å². The van der Waals surface area contributed by atoms with Gasteiger partial charge >= 0.3 is 0 Å². The maximum atomic E-state index is 12.7. The largest absolute Gasteiger partial charge is 0.497 e. The molecule has 2 aromatic rings. The lowest BCUT2D eigenvalue weighted by molar-refractivity contribution is -0.129. The Hall–Kier alpha value is -3.26. The second kappa shape index (κ2) is 9.98. The molecule has 3 amide bonds. The predicted octanol–water partition coefficient (Wildman–Crippen LogP) is 3.45. The minimum Gasteiger partial charge on any atom is -0.497 e. The highest BCUT2D eigenvalue weighted by Crippen LogP contribution is 2.33. The van der Waals surface area contributed by atoms with Crippen LogP contribution in [0.1, 0.15) is 18.1 Å². The zero-order chi connectivity index (χ0) is 21.5. The van der Waals surface area contributed by atoms with E-state index >= 15 is 0 Å². The summed E-state index contributed by atoms with van der Waals surface area (Å²) in [5.74, 6) is 0.449. The summed E-state index contributed by atoms with van der Waals surface area (Å²) in [5.41, 5.74) is 1.58. The van der Waals surface area contributed by atoms with Crippen LogP contribution < -0.4 is 14.8 Å². The summed E-state index contributed by atoms with van der Waals surface area (Å²) in [6.07, 6.45) is 1.62. The van der Waals surface area contributed by atoms with Crippen molar-refractivity contribution in [2.45, 2.75) is 13.5 Å². The maximum Gasteiger partial charge on any atom is 0.294 e. The molecule has 7 nitrogen and oxygen atoms in total. The quantitative estimate of drug-likeness (QED) is 0.651. The average molecular weight is 426 g/mol. The molecule has 1 saturated heterocycles. The van der Waals surface area contributed by atoms with Crippen LogP contribution in [0.2, 0.25) is 0 Å². The van der Waals surface area contributed by atoms with Crippen molar-refractivity contribution >= 4 is 34.9 Å². The van der Waals surface area contributed by atoms with Gasteiger partial charge in [-0.2, -0.15) is 0 Å². The molecule has 0 atom stereocenters. The first-order valence-corrected chi connectivity index (χ1v) is 10.2. The van der Waals surface area contributed by atoms with Crippen molar-refractivity contribution in [3.8, 4) is 11.5 Å². The number of carbonyl (C=O) groups excluding carboxylic acids is 3. The number of nitrogens with one attached hydrogen (secondary N) is 1. The molecule has 1 N–H and O–H groups in total. The van der Waals surface area contributed by atoms with Gasteiger partial charge in [-0.05, 0) is 48.5 Å². The van der Waals surface area contributed by atoms with Crippen molar-refractivity contribution in [1.82, 2.24) is 10.2 Å². The van der Waals surface area contributed by atoms with Crippen molar-refractivity contribution < 1.29 is 23.9 Å². The summed E-state index contributed by atoms with van der Waals surface area (Å²) < 4.78 is 10.6. The van der Waals surface area contributed by atoms with Crippen molar-refractivity contribution in [1.29, 1.82) is 0 Å². The van der Waals surface area contributed by atoms with Crippen LogP contribution >= 0.6 is 11.8 Å². The number of carbonyl (C=O) groups is 3. The normalized spacial score (nSPS) is 14.9. The molecule has 8 heteroatoms. The van der Waals surface area contributed by atoms with Gasteiger partial charge in [0.2, 0.25) is 5.91 Å². The van der Waals surface area contributed by atoms with Crippen LogP contribution in [-0.4, -0.2) is 42.2 Å². The third kappa shape index (κ3) is 5.21. The van der Waals surface area contributed by atoms with E-state index in [4.69, 9.17) is 9.47 Å². The number of rotatable bonds is 8. The Morgan fingerprint density at radius 2 is 1.87 bits per heavy atom. The molecule has 156 valence electrons. The Morgan fingerprint density at radius 3 is 2.57 bits per heavy atom. The SMILES string of the molecule is CCOc1ccccc1/C=C1\SC(=O)N(CC(=O)NCc2ccc(OC)cc2)C1=O. The van der Waals surface area contributed by atoms with Crippen LogP contribution in [0, 0.1) is 0 Å². The zero-order valence-corrected chi connectivity index (χ0v) is 17.5. The minimum absolute atomic E-state index is 0.259. The monoisotopic (exact) mass is 426 g/mol. The lowest BCUT2D eigenvalue weighted by Crippen LogP contribution is -2.39. The van der Waals surface area contributed by atoms with Gasteiger partial charge in [0.15, 0.2) is 0 Å². The van der Waals surface area contributed by atoms with Gasteiger partial charge in [-0.3, -0.25) is 19.3 Å². The molecule has 0 saturated carbocycles. The summed E-state index contributed by atoms with van der Waals surface area (Å²) >= 11 is 0.813. The van der Waals surface area contributed by atoms with Crippen LogP contribution in [0.25, 0.3) is 6.08 Å². The average Bonchev–Trinajstić information content (AvgIpc) is 3.01. The molecular formula is C22H22N2O5S. The molecule has 1 aliphatic rings. The van der Waals surface area contributed by atoms with Crippen molar-refractivity contribution in [3.05, 3.63) is 64.6 Å². The van der Waals surface area contributed by atoms with E-state index in [2.05, 4.69) is 5.32 Å². The molecule has 0 bridgehead atoms. The highest BCUT2D eigenvalue weighted by Gasteiger charge is 2.36. The molecule has 2 aromatic carbocycles. The predicted molar refractivity (Wildman–Crippen MR) is 115 cm³/mol. The van der Waals surface area contributed by atoms with E-state index in [1.54, 1.807) is 37.5 Å². The Bertz CT molecular complexity index is 972. The third-order valence-corrected chi connectivity index (χ3v) is 5.24. The molecule has 1 heterocycles. The molecule has 1 aliphatic heterocycles. The smallest absolute Gasteiger partial charge is 0.294 e. The lowest BCUT2D eigenvalue weighted by atomic mass is 10.2. The summed E-state index contributed by atoms with van der Waals surface area (Å²) in [7, 11) is 1.58. The number of amides is 3. The van der Waals surface area contributed by atoms with E-state index in [0.717, 1.165) is 28.0 Å². The van der Waals surface area contributed by atoms with E-state index in [9.17, 15) is 14.4 Å². The van der Waals surface area contributed by atoms with Gasteiger partial charge in [0, 0.05) is 12.1 Å². The highest BCUT2D eigenvalue weighted by molar-refractivity contribution is 8.18. The molecule has 30 heavy (non-hydrogen) atoms. The summed E-state index contributed by atoms with van der Waals surface area (Å²) in [4.78, 5) is 38.4.